The average molecular weight is 451 g/mol. The summed E-state index contributed by atoms with van der Waals surface area (Å²) in [7, 11) is 0. The zero-order valence-corrected chi connectivity index (χ0v) is 18.3. The Morgan fingerprint density at radius 2 is 1.84 bits per heavy atom. The van der Waals surface area contributed by atoms with Crippen molar-refractivity contribution in [3.63, 3.8) is 0 Å². The Balaban J connectivity index is 1.54. The van der Waals surface area contributed by atoms with Gasteiger partial charge in [-0.1, -0.05) is 36.4 Å². The largest absolute Gasteiger partial charge is 0.416 e. The molecule has 0 aliphatic carbocycles. The Morgan fingerprint density at radius 1 is 1.12 bits per heavy atom. The van der Waals surface area contributed by atoms with Crippen LogP contribution in [-0.4, -0.2) is 37.2 Å². The third-order valence-corrected chi connectivity index (χ3v) is 6.79. The van der Waals surface area contributed by atoms with Crippen molar-refractivity contribution in [1.29, 1.82) is 0 Å². The first-order valence-electron chi connectivity index (χ1n) is 11.2. The van der Waals surface area contributed by atoms with E-state index in [4.69, 9.17) is 4.74 Å². The van der Waals surface area contributed by atoms with Gasteiger partial charge in [-0.05, 0) is 68.1 Å². The van der Waals surface area contributed by atoms with Crippen LogP contribution in [0.1, 0.15) is 54.5 Å². The summed E-state index contributed by atoms with van der Waals surface area (Å²) in [5, 5.41) is 3.67. The second-order valence-corrected chi connectivity index (χ2v) is 8.98. The van der Waals surface area contributed by atoms with Crippen molar-refractivity contribution >= 4 is 0 Å². The molecule has 0 amide bonds. The van der Waals surface area contributed by atoms with Gasteiger partial charge >= 0.3 is 6.18 Å². The quantitative estimate of drug-likeness (QED) is 0.556. The van der Waals surface area contributed by atoms with E-state index >= 15 is 0 Å². The first-order valence-corrected chi connectivity index (χ1v) is 11.2. The molecule has 32 heavy (non-hydrogen) atoms. The van der Waals surface area contributed by atoms with Gasteiger partial charge < -0.3 is 10.1 Å². The molecular weight excluding hydrogens is 420 g/mol. The van der Waals surface area contributed by atoms with Crippen LogP contribution in [0.3, 0.4) is 0 Å². The van der Waals surface area contributed by atoms with Gasteiger partial charge in [-0.15, -0.1) is 0 Å². The molecule has 7 heteroatoms. The lowest BCUT2D eigenvalue weighted by atomic mass is 9.87. The van der Waals surface area contributed by atoms with Gasteiger partial charge in [0.2, 0.25) is 0 Å². The van der Waals surface area contributed by atoms with Crippen LogP contribution in [-0.2, 0) is 23.1 Å². The molecule has 0 unspecified atom stereocenters. The monoisotopic (exact) mass is 450 g/mol. The molecule has 2 fully saturated rings. The SMILES string of the molecule is C[C@@H](OC[C@@]1(c2ccccc2)C[C@@H](N2CCCC2)CN1)c1cc(CF)cc(C(F)(F)F)c1. The molecule has 2 aromatic rings. The first-order chi connectivity index (χ1) is 15.3. The molecule has 3 nitrogen and oxygen atoms in total. The highest BCUT2D eigenvalue weighted by molar-refractivity contribution is 5.33. The van der Waals surface area contributed by atoms with Crippen molar-refractivity contribution in [2.75, 3.05) is 26.2 Å². The molecule has 2 saturated heterocycles. The maximum absolute atomic E-state index is 13.3. The van der Waals surface area contributed by atoms with Crippen molar-refractivity contribution in [3.8, 4) is 0 Å². The number of hydrogen-bond acceptors (Lipinski definition) is 3. The molecule has 174 valence electrons. The molecule has 2 aliphatic heterocycles. The predicted molar refractivity (Wildman–Crippen MR) is 116 cm³/mol. The normalized spacial score (nSPS) is 25.3. The molecule has 2 aromatic carbocycles. The molecule has 2 heterocycles. The Labute approximate surface area is 186 Å². The number of rotatable bonds is 7. The first kappa shape index (κ1) is 23.2. The number of halogens is 4. The van der Waals surface area contributed by atoms with Crippen molar-refractivity contribution in [3.05, 3.63) is 70.8 Å². The zero-order chi connectivity index (χ0) is 22.8. The molecule has 1 N–H and O–H groups in total. The number of ether oxygens (including phenoxy) is 1. The van der Waals surface area contributed by atoms with Crippen molar-refractivity contribution in [1.82, 2.24) is 10.2 Å². The summed E-state index contributed by atoms with van der Waals surface area (Å²) in [6.45, 7) is 4.15. The van der Waals surface area contributed by atoms with E-state index < -0.39 is 30.1 Å². The summed E-state index contributed by atoms with van der Waals surface area (Å²) in [6, 6.07) is 13.9. The Hall–Kier alpha value is -1.96. The topological polar surface area (TPSA) is 24.5 Å². The maximum Gasteiger partial charge on any atom is 0.416 e. The summed E-state index contributed by atoms with van der Waals surface area (Å²) in [6.07, 6.45) is -1.82. The van der Waals surface area contributed by atoms with Gasteiger partial charge in [0, 0.05) is 12.6 Å². The predicted octanol–water partition coefficient (Wildman–Crippen LogP) is 5.61. The lowest BCUT2D eigenvalue weighted by Crippen LogP contribution is -2.41. The number of nitrogens with one attached hydrogen (secondary N) is 1. The Bertz CT molecular complexity index is 899. The van der Waals surface area contributed by atoms with Gasteiger partial charge in [-0.3, -0.25) is 4.90 Å². The number of alkyl halides is 4. The van der Waals surface area contributed by atoms with Gasteiger partial charge in [-0.2, -0.15) is 13.2 Å². The second kappa shape index (κ2) is 9.49. The molecule has 0 aromatic heterocycles. The van der Waals surface area contributed by atoms with Crippen LogP contribution in [0.4, 0.5) is 17.6 Å². The fraction of sp³-hybridized carbons (Fsp3) is 0.520. The number of benzene rings is 2. The van der Waals surface area contributed by atoms with Gasteiger partial charge in [0.25, 0.3) is 0 Å². The molecule has 3 atom stereocenters. The van der Waals surface area contributed by atoms with E-state index in [2.05, 4.69) is 22.3 Å². The standard InChI is InChI=1S/C25H30F4N2O/c1-18(20-11-19(15-26)12-22(13-20)25(27,28)29)32-17-24(21-7-3-2-4-8-21)14-23(16-30-24)31-9-5-6-10-31/h2-4,7-8,11-13,18,23,30H,5-6,9-10,14-17H2,1H3/t18-,23-,24-/m1/s1. The van der Waals surface area contributed by atoms with E-state index in [1.165, 1.54) is 18.9 Å². The molecule has 0 radical (unpaired) electrons. The fourth-order valence-electron chi connectivity index (χ4n) is 4.95. The number of nitrogens with zero attached hydrogens (tertiary/aromatic N) is 1. The van der Waals surface area contributed by atoms with Crippen molar-refractivity contribution < 1.29 is 22.3 Å². The van der Waals surface area contributed by atoms with E-state index in [1.54, 1.807) is 6.92 Å². The minimum absolute atomic E-state index is 0.0103. The number of hydrogen-bond donors (Lipinski definition) is 1. The van der Waals surface area contributed by atoms with Gasteiger partial charge in [0.1, 0.15) is 6.67 Å². The van der Waals surface area contributed by atoms with Crippen LogP contribution in [0.5, 0.6) is 0 Å². The molecule has 0 spiro atoms. The van der Waals surface area contributed by atoms with Crippen LogP contribution >= 0.6 is 0 Å². The van der Waals surface area contributed by atoms with Crippen molar-refractivity contribution in [2.24, 2.45) is 0 Å². The molecular formula is C25H30F4N2O. The van der Waals surface area contributed by atoms with E-state index in [1.807, 2.05) is 18.2 Å². The molecule has 0 bridgehead atoms. The Morgan fingerprint density at radius 3 is 2.50 bits per heavy atom. The highest BCUT2D eigenvalue weighted by Crippen LogP contribution is 2.37. The van der Waals surface area contributed by atoms with Crippen LogP contribution in [0.2, 0.25) is 0 Å². The molecule has 2 aliphatic rings. The third-order valence-electron chi connectivity index (χ3n) is 6.79. The minimum atomic E-state index is -4.53. The third kappa shape index (κ3) is 5.00. The average Bonchev–Trinajstić information content (AvgIpc) is 3.48. The van der Waals surface area contributed by atoms with Crippen LogP contribution in [0, 0.1) is 0 Å². The van der Waals surface area contributed by atoms with E-state index in [0.29, 0.717) is 18.2 Å². The van der Waals surface area contributed by atoms with E-state index in [0.717, 1.165) is 43.8 Å². The van der Waals surface area contributed by atoms with Crippen LogP contribution < -0.4 is 5.32 Å². The summed E-state index contributed by atoms with van der Waals surface area (Å²) in [5.41, 5.74) is 0.208. The van der Waals surface area contributed by atoms with Crippen LogP contribution in [0.25, 0.3) is 0 Å². The zero-order valence-electron chi connectivity index (χ0n) is 18.3. The van der Waals surface area contributed by atoms with Gasteiger partial charge in [0.05, 0.1) is 23.8 Å². The van der Waals surface area contributed by atoms with E-state index in [9.17, 15) is 17.6 Å². The second-order valence-electron chi connectivity index (χ2n) is 8.98. The fourth-order valence-corrected chi connectivity index (χ4v) is 4.95. The maximum atomic E-state index is 13.3. The number of likely N-dealkylation sites (tertiary alicyclic amines) is 1. The Kier molecular flexibility index (Phi) is 6.89. The van der Waals surface area contributed by atoms with Crippen LogP contribution in [0.15, 0.2) is 48.5 Å². The van der Waals surface area contributed by atoms with Gasteiger partial charge in [0.15, 0.2) is 0 Å². The molecule has 0 saturated carbocycles. The summed E-state index contributed by atoms with van der Waals surface area (Å²) in [4.78, 5) is 2.52. The molecule has 4 rings (SSSR count). The summed E-state index contributed by atoms with van der Waals surface area (Å²) >= 11 is 0. The lowest BCUT2D eigenvalue weighted by molar-refractivity contribution is -0.137. The highest BCUT2D eigenvalue weighted by atomic mass is 19.4. The summed E-state index contributed by atoms with van der Waals surface area (Å²) in [5.74, 6) is 0. The summed E-state index contributed by atoms with van der Waals surface area (Å²) < 4.78 is 59.2. The van der Waals surface area contributed by atoms with Gasteiger partial charge in [-0.25, -0.2) is 4.39 Å². The van der Waals surface area contributed by atoms with Crippen molar-refractivity contribution in [2.45, 2.75) is 56.7 Å². The van der Waals surface area contributed by atoms with E-state index in [-0.39, 0.29) is 5.56 Å². The lowest BCUT2D eigenvalue weighted by Gasteiger charge is -2.33. The minimum Gasteiger partial charge on any atom is -0.372 e. The smallest absolute Gasteiger partial charge is 0.372 e. The highest BCUT2D eigenvalue weighted by Gasteiger charge is 2.43.